The maximum Gasteiger partial charge on any atom is 0.306 e. The molecule has 1 fully saturated rings. The fourth-order valence-electron chi connectivity index (χ4n) is 4.32. The molecule has 2 aliphatic rings. The molecule has 2 atom stereocenters. The Hall–Kier alpha value is -4.17. The molecule has 174 valence electrons. The Labute approximate surface area is 206 Å². The van der Waals surface area contributed by atoms with Gasteiger partial charge in [-0.2, -0.15) is 0 Å². The van der Waals surface area contributed by atoms with Crippen LogP contribution in [0.25, 0.3) is 6.08 Å². The van der Waals surface area contributed by atoms with Crippen LogP contribution in [0.15, 0.2) is 78.9 Å². The Morgan fingerprint density at radius 3 is 2.46 bits per heavy atom. The zero-order valence-electron chi connectivity index (χ0n) is 18.6. The van der Waals surface area contributed by atoms with Crippen LogP contribution in [0.1, 0.15) is 21.5 Å². The van der Waals surface area contributed by atoms with Gasteiger partial charge in [-0.05, 0) is 55.0 Å². The SMILES string of the molecule is Cc1ccc(N2C(=S)NC(C(=O)N3C(=O)C(=O)c4cc(F)ccc43)C2/C=C/c2ccccc2)cc1. The first kappa shape index (κ1) is 22.6. The van der Waals surface area contributed by atoms with Gasteiger partial charge in [-0.1, -0.05) is 60.2 Å². The van der Waals surface area contributed by atoms with Gasteiger partial charge in [-0.15, -0.1) is 0 Å². The highest BCUT2D eigenvalue weighted by molar-refractivity contribution is 7.80. The van der Waals surface area contributed by atoms with E-state index in [9.17, 15) is 18.8 Å². The van der Waals surface area contributed by atoms with Gasteiger partial charge in [-0.25, -0.2) is 9.29 Å². The Balaban J connectivity index is 1.55. The van der Waals surface area contributed by atoms with E-state index in [1.807, 2.05) is 78.6 Å². The van der Waals surface area contributed by atoms with Crippen LogP contribution in [0.5, 0.6) is 0 Å². The van der Waals surface area contributed by atoms with Gasteiger partial charge in [-0.3, -0.25) is 14.4 Å². The maximum absolute atomic E-state index is 13.7. The molecule has 0 aromatic heterocycles. The highest BCUT2D eigenvalue weighted by Gasteiger charge is 2.48. The molecule has 2 aliphatic heterocycles. The number of amides is 2. The number of carbonyl (C=O) groups excluding carboxylic acids is 3. The number of nitrogens with zero attached hydrogens (tertiary/aromatic N) is 2. The second-order valence-electron chi connectivity index (χ2n) is 8.36. The van der Waals surface area contributed by atoms with Crippen LogP contribution in [-0.2, 0) is 9.59 Å². The van der Waals surface area contributed by atoms with Crippen molar-refractivity contribution in [3.63, 3.8) is 0 Å². The van der Waals surface area contributed by atoms with E-state index in [2.05, 4.69) is 5.32 Å². The number of nitrogens with one attached hydrogen (secondary N) is 1. The number of carbonyl (C=O) groups is 3. The van der Waals surface area contributed by atoms with Crippen molar-refractivity contribution in [1.29, 1.82) is 0 Å². The molecular formula is C27H20FN3O3S. The van der Waals surface area contributed by atoms with E-state index < -0.39 is 35.5 Å². The van der Waals surface area contributed by atoms with E-state index in [-0.39, 0.29) is 11.3 Å². The van der Waals surface area contributed by atoms with Crippen molar-refractivity contribution in [3.05, 3.63) is 101 Å². The number of halogens is 1. The highest BCUT2D eigenvalue weighted by atomic mass is 32.1. The van der Waals surface area contributed by atoms with Gasteiger partial charge in [0.25, 0.3) is 11.7 Å². The van der Waals surface area contributed by atoms with Crippen LogP contribution in [0, 0.1) is 12.7 Å². The van der Waals surface area contributed by atoms with Crippen molar-refractivity contribution in [2.45, 2.75) is 19.0 Å². The topological polar surface area (TPSA) is 69.7 Å². The van der Waals surface area contributed by atoms with Crippen LogP contribution < -0.4 is 15.1 Å². The van der Waals surface area contributed by atoms with Crippen molar-refractivity contribution >= 4 is 52.4 Å². The van der Waals surface area contributed by atoms with E-state index in [1.54, 1.807) is 0 Å². The summed E-state index contributed by atoms with van der Waals surface area (Å²) in [4.78, 5) is 41.6. The number of benzene rings is 3. The summed E-state index contributed by atoms with van der Waals surface area (Å²) in [6, 6.07) is 19.1. The van der Waals surface area contributed by atoms with Crippen LogP contribution in [0.2, 0.25) is 0 Å². The largest absolute Gasteiger partial charge is 0.348 e. The second kappa shape index (κ2) is 8.88. The molecule has 6 nitrogen and oxygen atoms in total. The van der Waals surface area contributed by atoms with E-state index in [0.29, 0.717) is 5.11 Å². The number of hydrogen-bond acceptors (Lipinski definition) is 4. The Morgan fingerprint density at radius 2 is 1.74 bits per heavy atom. The molecule has 0 bridgehead atoms. The fourth-order valence-corrected chi connectivity index (χ4v) is 4.67. The number of aryl methyl sites for hydroxylation is 1. The molecule has 35 heavy (non-hydrogen) atoms. The quantitative estimate of drug-likeness (QED) is 0.342. The molecule has 0 radical (unpaired) electrons. The number of hydrogen-bond donors (Lipinski definition) is 1. The number of imide groups is 1. The summed E-state index contributed by atoms with van der Waals surface area (Å²) < 4.78 is 13.7. The summed E-state index contributed by atoms with van der Waals surface area (Å²) in [6.07, 6.45) is 3.72. The molecule has 2 unspecified atom stereocenters. The molecule has 1 N–H and O–H groups in total. The molecule has 3 aromatic carbocycles. The summed E-state index contributed by atoms with van der Waals surface area (Å²) in [5.74, 6) is -3.23. The van der Waals surface area contributed by atoms with Gasteiger partial charge < -0.3 is 10.2 Å². The predicted octanol–water partition coefficient (Wildman–Crippen LogP) is 4.04. The first-order valence-corrected chi connectivity index (χ1v) is 11.4. The van der Waals surface area contributed by atoms with Crippen molar-refractivity contribution in [3.8, 4) is 0 Å². The molecular weight excluding hydrogens is 465 g/mol. The van der Waals surface area contributed by atoms with Crippen molar-refractivity contribution < 1.29 is 18.8 Å². The van der Waals surface area contributed by atoms with Crippen LogP contribution in [0.3, 0.4) is 0 Å². The number of thiocarbonyl (C=S) groups is 1. The predicted molar refractivity (Wildman–Crippen MR) is 136 cm³/mol. The number of fused-ring (bicyclic) bond motifs is 1. The third kappa shape index (κ3) is 4.02. The first-order valence-electron chi connectivity index (χ1n) is 11.0. The first-order chi connectivity index (χ1) is 16.8. The third-order valence-electron chi connectivity index (χ3n) is 6.06. The Bertz CT molecular complexity index is 1390. The lowest BCUT2D eigenvalue weighted by Crippen LogP contribution is -2.51. The van der Waals surface area contributed by atoms with E-state index in [0.717, 1.165) is 33.8 Å². The molecule has 0 aliphatic carbocycles. The van der Waals surface area contributed by atoms with Crippen molar-refractivity contribution in [2.75, 3.05) is 9.80 Å². The second-order valence-corrected chi connectivity index (χ2v) is 8.75. The average Bonchev–Trinajstić information content (AvgIpc) is 3.32. The van der Waals surface area contributed by atoms with Gasteiger partial charge in [0.15, 0.2) is 5.11 Å². The Kier molecular flexibility index (Phi) is 5.74. The van der Waals surface area contributed by atoms with Crippen LogP contribution >= 0.6 is 12.2 Å². The van der Waals surface area contributed by atoms with Gasteiger partial charge in [0.2, 0.25) is 0 Å². The van der Waals surface area contributed by atoms with Crippen molar-refractivity contribution in [1.82, 2.24) is 5.32 Å². The monoisotopic (exact) mass is 485 g/mol. The minimum Gasteiger partial charge on any atom is -0.348 e. The van der Waals surface area contributed by atoms with E-state index in [4.69, 9.17) is 12.2 Å². The highest BCUT2D eigenvalue weighted by Crippen LogP contribution is 2.33. The molecule has 3 aromatic rings. The summed E-state index contributed by atoms with van der Waals surface area (Å²) in [5.41, 5.74) is 2.71. The minimum absolute atomic E-state index is 0.0682. The smallest absolute Gasteiger partial charge is 0.306 e. The van der Waals surface area contributed by atoms with Crippen LogP contribution in [-0.4, -0.2) is 34.8 Å². The normalized spacial score (nSPS) is 19.4. The molecule has 8 heteroatoms. The van der Waals surface area contributed by atoms with Gasteiger partial charge in [0.1, 0.15) is 11.9 Å². The molecule has 2 heterocycles. The fraction of sp³-hybridized carbons (Fsp3) is 0.111. The van der Waals surface area contributed by atoms with Crippen LogP contribution in [0.4, 0.5) is 15.8 Å². The van der Waals surface area contributed by atoms with Gasteiger partial charge in [0.05, 0.1) is 17.3 Å². The van der Waals surface area contributed by atoms with E-state index >= 15 is 0 Å². The molecule has 0 spiro atoms. The van der Waals surface area contributed by atoms with Gasteiger partial charge >= 0.3 is 5.91 Å². The number of anilines is 2. The standard InChI is InChI=1S/C27H20FN3O3S/c1-16-7-11-19(12-8-16)30-22(13-9-17-5-3-2-4-6-17)23(29-27(30)35)25(33)31-21-14-10-18(28)15-20(21)24(32)26(31)34/h2-15,22-23H,1H3,(H,29,35)/b13-9+. The lowest BCUT2D eigenvalue weighted by Gasteiger charge is -2.26. The number of rotatable bonds is 4. The van der Waals surface area contributed by atoms with Gasteiger partial charge in [0, 0.05) is 5.69 Å². The maximum atomic E-state index is 13.7. The Morgan fingerprint density at radius 1 is 1.03 bits per heavy atom. The minimum atomic E-state index is -1.01. The third-order valence-corrected chi connectivity index (χ3v) is 6.38. The molecule has 1 saturated heterocycles. The lowest BCUT2D eigenvalue weighted by atomic mass is 10.0. The summed E-state index contributed by atoms with van der Waals surface area (Å²) in [7, 11) is 0. The number of Topliss-reactive ketones (excluding diaryl/α,β-unsaturated/α-hetero) is 1. The summed E-state index contributed by atoms with van der Waals surface area (Å²) in [5, 5.41) is 3.35. The number of ketones is 1. The summed E-state index contributed by atoms with van der Waals surface area (Å²) in [6.45, 7) is 1.97. The average molecular weight is 486 g/mol. The lowest BCUT2D eigenvalue weighted by molar-refractivity contribution is -0.125. The van der Waals surface area contributed by atoms with Crippen molar-refractivity contribution in [2.24, 2.45) is 0 Å². The molecule has 5 rings (SSSR count). The molecule has 2 amide bonds. The summed E-state index contributed by atoms with van der Waals surface area (Å²) >= 11 is 5.59. The zero-order valence-corrected chi connectivity index (χ0v) is 19.5. The van der Waals surface area contributed by atoms with E-state index in [1.165, 1.54) is 6.07 Å². The molecule has 0 saturated carbocycles. The zero-order chi connectivity index (χ0) is 24.7.